The molecule has 1 amide bonds. The SMILES string of the molecule is CC(C)c1ccc(C(=O)N2CCOCC2)cc1. The zero-order chi connectivity index (χ0) is 12.3. The minimum atomic E-state index is 0.114. The number of morpholine rings is 1. The van der Waals surface area contributed by atoms with Gasteiger partial charge in [0.15, 0.2) is 0 Å². The number of rotatable bonds is 2. The smallest absolute Gasteiger partial charge is 0.254 e. The van der Waals surface area contributed by atoms with Crippen LogP contribution >= 0.6 is 0 Å². The fraction of sp³-hybridized carbons (Fsp3) is 0.500. The third kappa shape index (κ3) is 2.86. The van der Waals surface area contributed by atoms with Crippen LogP contribution < -0.4 is 0 Å². The van der Waals surface area contributed by atoms with Gasteiger partial charge in [0.25, 0.3) is 5.91 Å². The van der Waals surface area contributed by atoms with E-state index in [1.165, 1.54) is 5.56 Å². The molecule has 1 aliphatic heterocycles. The van der Waals surface area contributed by atoms with Crippen LogP contribution in [0.2, 0.25) is 0 Å². The molecule has 3 heteroatoms. The van der Waals surface area contributed by atoms with Gasteiger partial charge in [-0.2, -0.15) is 0 Å². The summed E-state index contributed by atoms with van der Waals surface area (Å²) in [7, 11) is 0. The maximum atomic E-state index is 12.2. The van der Waals surface area contributed by atoms with E-state index in [0.717, 1.165) is 5.56 Å². The standard InChI is InChI=1S/C14H19NO2/c1-11(2)12-3-5-13(6-4-12)14(16)15-7-9-17-10-8-15/h3-6,11H,7-10H2,1-2H3. The molecule has 17 heavy (non-hydrogen) atoms. The largest absolute Gasteiger partial charge is 0.378 e. The van der Waals surface area contributed by atoms with E-state index >= 15 is 0 Å². The summed E-state index contributed by atoms with van der Waals surface area (Å²) in [6.45, 7) is 7.00. The minimum absolute atomic E-state index is 0.114. The van der Waals surface area contributed by atoms with Gasteiger partial charge in [-0.25, -0.2) is 0 Å². The zero-order valence-electron chi connectivity index (χ0n) is 10.5. The molecular weight excluding hydrogens is 214 g/mol. The molecule has 0 N–H and O–H groups in total. The predicted molar refractivity (Wildman–Crippen MR) is 67.3 cm³/mol. The third-order valence-corrected chi connectivity index (χ3v) is 3.12. The number of carbonyl (C=O) groups is 1. The molecule has 0 spiro atoms. The van der Waals surface area contributed by atoms with Gasteiger partial charge in [0.1, 0.15) is 0 Å². The first-order valence-corrected chi connectivity index (χ1v) is 6.15. The van der Waals surface area contributed by atoms with Crippen molar-refractivity contribution in [3.05, 3.63) is 35.4 Å². The fourth-order valence-electron chi connectivity index (χ4n) is 1.96. The monoisotopic (exact) mass is 233 g/mol. The van der Waals surface area contributed by atoms with Crippen molar-refractivity contribution in [1.29, 1.82) is 0 Å². The van der Waals surface area contributed by atoms with E-state index < -0.39 is 0 Å². The fourth-order valence-corrected chi connectivity index (χ4v) is 1.96. The molecule has 92 valence electrons. The Kier molecular flexibility index (Phi) is 3.79. The van der Waals surface area contributed by atoms with Crippen LogP contribution in [0.1, 0.15) is 35.7 Å². The molecule has 1 aromatic rings. The van der Waals surface area contributed by atoms with Crippen LogP contribution in [0, 0.1) is 0 Å². The lowest BCUT2D eigenvalue weighted by molar-refractivity contribution is 0.0303. The molecule has 0 bridgehead atoms. The van der Waals surface area contributed by atoms with Gasteiger partial charge < -0.3 is 9.64 Å². The molecule has 0 aliphatic carbocycles. The molecule has 0 unspecified atom stereocenters. The summed E-state index contributed by atoms with van der Waals surface area (Å²) < 4.78 is 5.24. The molecule has 0 atom stereocenters. The molecule has 0 saturated carbocycles. The Bertz CT molecular complexity index is 378. The van der Waals surface area contributed by atoms with E-state index in [-0.39, 0.29) is 5.91 Å². The number of benzene rings is 1. The van der Waals surface area contributed by atoms with Crippen molar-refractivity contribution >= 4 is 5.91 Å². The van der Waals surface area contributed by atoms with E-state index in [1.807, 2.05) is 29.2 Å². The summed E-state index contributed by atoms with van der Waals surface area (Å²) in [5.74, 6) is 0.617. The Balaban J connectivity index is 2.08. The summed E-state index contributed by atoms with van der Waals surface area (Å²) in [6, 6.07) is 7.93. The maximum Gasteiger partial charge on any atom is 0.254 e. The number of amides is 1. The molecule has 0 aromatic heterocycles. The van der Waals surface area contributed by atoms with Crippen molar-refractivity contribution in [2.75, 3.05) is 26.3 Å². The Morgan fingerprint density at radius 1 is 1.18 bits per heavy atom. The van der Waals surface area contributed by atoms with Crippen LogP contribution in [0.5, 0.6) is 0 Å². The van der Waals surface area contributed by atoms with Gasteiger partial charge in [0.2, 0.25) is 0 Å². The summed E-state index contributed by atoms with van der Waals surface area (Å²) in [5.41, 5.74) is 2.04. The van der Waals surface area contributed by atoms with Gasteiger partial charge in [0, 0.05) is 18.7 Å². The van der Waals surface area contributed by atoms with Crippen molar-refractivity contribution < 1.29 is 9.53 Å². The number of carbonyl (C=O) groups excluding carboxylic acids is 1. The Labute approximate surface area is 102 Å². The molecule has 3 nitrogen and oxygen atoms in total. The van der Waals surface area contributed by atoms with Crippen molar-refractivity contribution in [3.63, 3.8) is 0 Å². The van der Waals surface area contributed by atoms with Crippen LogP contribution in [0.4, 0.5) is 0 Å². The lowest BCUT2D eigenvalue weighted by atomic mass is 10.0. The van der Waals surface area contributed by atoms with Crippen LogP contribution in [-0.2, 0) is 4.74 Å². The lowest BCUT2D eigenvalue weighted by Gasteiger charge is -2.26. The second-order valence-electron chi connectivity index (χ2n) is 4.68. The highest BCUT2D eigenvalue weighted by Gasteiger charge is 2.18. The first-order valence-electron chi connectivity index (χ1n) is 6.15. The predicted octanol–water partition coefficient (Wildman–Crippen LogP) is 2.28. The Morgan fingerprint density at radius 2 is 1.76 bits per heavy atom. The molecule has 1 saturated heterocycles. The van der Waals surface area contributed by atoms with E-state index in [2.05, 4.69) is 13.8 Å². The Hall–Kier alpha value is -1.35. The number of hydrogen-bond donors (Lipinski definition) is 0. The molecule has 0 radical (unpaired) electrons. The average molecular weight is 233 g/mol. The first kappa shape index (κ1) is 12.1. The Morgan fingerprint density at radius 3 is 2.29 bits per heavy atom. The van der Waals surface area contributed by atoms with Gasteiger partial charge in [-0.15, -0.1) is 0 Å². The first-order chi connectivity index (χ1) is 8.18. The zero-order valence-corrected chi connectivity index (χ0v) is 10.5. The number of nitrogens with zero attached hydrogens (tertiary/aromatic N) is 1. The third-order valence-electron chi connectivity index (χ3n) is 3.12. The normalized spacial score (nSPS) is 16.3. The van der Waals surface area contributed by atoms with E-state index in [4.69, 9.17) is 4.74 Å². The van der Waals surface area contributed by atoms with Gasteiger partial charge in [-0.1, -0.05) is 26.0 Å². The maximum absolute atomic E-state index is 12.2. The van der Waals surface area contributed by atoms with Crippen molar-refractivity contribution in [1.82, 2.24) is 4.90 Å². The van der Waals surface area contributed by atoms with Crippen LogP contribution in [0.15, 0.2) is 24.3 Å². The van der Waals surface area contributed by atoms with Gasteiger partial charge in [0.05, 0.1) is 13.2 Å². The molecule has 1 heterocycles. The van der Waals surface area contributed by atoms with Crippen LogP contribution in [-0.4, -0.2) is 37.1 Å². The molecule has 1 aromatic carbocycles. The summed E-state index contributed by atoms with van der Waals surface area (Å²) >= 11 is 0. The highest BCUT2D eigenvalue weighted by atomic mass is 16.5. The summed E-state index contributed by atoms with van der Waals surface area (Å²) in [6.07, 6.45) is 0. The van der Waals surface area contributed by atoms with Crippen molar-refractivity contribution in [2.45, 2.75) is 19.8 Å². The van der Waals surface area contributed by atoms with Crippen LogP contribution in [0.25, 0.3) is 0 Å². The van der Waals surface area contributed by atoms with Gasteiger partial charge in [-0.3, -0.25) is 4.79 Å². The number of hydrogen-bond acceptors (Lipinski definition) is 2. The van der Waals surface area contributed by atoms with Crippen molar-refractivity contribution in [2.24, 2.45) is 0 Å². The minimum Gasteiger partial charge on any atom is -0.378 e. The topological polar surface area (TPSA) is 29.5 Å². The quantitative estimate of drug-likeness (QED) is 0.784. The van der Waals surface area contributed by atoms with E-state index in [9.17, 15) is 4.79 Å². The molecule has 1 fully saturated rings. The molecule has 1 aliphatic rings. The highest BCUT2D eigenvalue weighted by molar-refractivity contribution is 5.94. The highest BCUT2D eigenvalue weighted by Crippen LogP contribution is 2.16. The summed E-state index contributed by atoms with van der Waals surface area (Å²) in [4.78, 5) is 14.0. The van der Waals surface area contributed by atoms with Gasteiger partial charge in [-0.05, 0) is 23.6 Å². The van der Waals surface area contributed by atoms with E-state index in [1.54, 1.807) is 0 Å². The van der Waals surface area contributed by atoms with Crippen molar-refractivity contribution in [3.8, 4) is 0 Å². The second-order valence-corrected chi connectivity index (χ2v) is 4.68. The van der Waals surface area contributed by atoms with Crippen LogP contribution in [0.3, 0.4) is 0 Å². The number of ether oxygens (including phenoxy) is 1. The van der Waals surface area contributed by atoms with Gasteiger partial charge >= 0.3 is 0 Å². The summed E-state index contributed by atoms with van der Waals surface area (Å²) in [5, 5.41) is 0. The average Bonchev–Trinajstić information content (AvgIpc) is 2.39. The second kappa shape index (κ2) is 5.32. The molecular formula is C14H19NO2. The lowest BCUT2D eigenvalue weighted by Crippen LogP contribution is -2.40. The molecule has 2 rings (SSSR count). The van der Waals surface area contributed by atoms with E-state index in [0.29, 0.717) is 32.2 Å².